The molecule has 0 aromatic carbocycles. The molecule has 2 fully saturated rings. The van der Waals surface area contributed by atoms with Crippen LogP contribution in [0.3, 0.4) is 0 Å². The summed E-state index contributed by atoms with van der Waals surface area (Å²) in [4.78, 5) is 26.5. The van der Waals surface area contributed by atoms with Crippen molar-refractivity contribution in [3.8, 4) is 0 Å². The highest BCUT2D eigenvalue weighted by Gasteiger charge is 2.24. The highest BCUT2D eigenvalue weighted by molar-refractivity contribution is 5.76. The second kappa shape index (κ2) is 10.0. The number of piperidine rings is 1. The van der Waals surface area contributed by atoms with Gasteiger partial charge in [-0.05, 0) is 57.4 Å². The van der Waals surface area contributed by atoms with Crippen molar-refractivity contribution in [2.75, 3.05) is 26.2 Å². The number of likely N-dealkylation sites (tertiary alicyclic amines) is 1. The molecule has 0 aliphatic carbocycles. The molecular weight excluding hydrogens is 356 g/mol. The van der Waals surface area contributed by atoms with Gasteiger partial charge in [0.15, 0.2) is 0 Å². The molecule has 0 spiro atoms. The molecule has 2 aliphatic rings. The third-order valence-corrected chi connectivity index (χ3v) is 6.23. The topological polar surface area (TPSA) is 87.3 Å². The molecular formula is C21H34N4O3. The lowest BCUT2D eigenvalue weighted by Gasteiger charge is -2.32. The minimum absolute atomic E-state index is 0.124. The Labute approximate surface area is 167 Å². The van der Waals surface area contributed by atoms with Crippen molar-refractivity contribution < 1.29 is 14.3 Å². The number of rotatable bonds is 8. The van der Waals surface area contributed by atoms with Gasteiger partial charge in [-0.1, -0.05) is 0 Å². The van der Waals surface area contributed by atoms with E-state index in [0.29, 0.717) is 31.7 Å². The lowest BCUT2D eigenvalue weighted by molar-refractivity contribution is -0.132. The predicted molar refractivity (Wildman–Crippen MR) is 107 cm³/mol. The van der Waals surface area contributed by atoms with Crippen LogP contribution in [0.1, 0.15) is 61.9 Å². The highest BCUT2D eigenvalue weighted by atomic mass is 16.5. The van der Waals surface area contributed by atoms with Crippen molar-refractivity contribution >= 4 is 11.8 Å². The molecule has 1 aromatic rings. The number of hydrogen-bond acceptors (Lipinski definition) is 4. The Morgan fingerprint density at radius 2 is 2.00 bits per heavy atom. The monoisotopic (exact) mass is 390 g/mol. The van der Waals surface area contributed by atoms with Crippen molar-refractivity contribution in [1.82, 2.24) is 20.4 Å². The van der Waals surface area contributed by atoms with E-state index in [1.807, 2.05) is 18.7 Å². The normalized spacial score (nSPS) is 20.5. The first-order valence-electron chi connectivity index (χ1n) is 10.7. The van der Waals surface area contributed by atoms with Gasteiger partial charge in [-0.15, -0.1) is 0 Å². The van der Waals surface area contributed by atoms with Crippen LogP contribution >= 0.6 is 0 Å². The van der Waals surface area contributed by atoms with Crippen molar-refractivity contribution in [3.63, 3.8) is 0 Å². The summed E-state index contributed by atoms with van der Waals surface area (Å²) < 4.78 is 5.53. The average molecular weight is 391 g/mol. The van der Waals surface area contributed by atoms with E-state index in [9.17, 15) is 9.59 Å². The summed E-state index contributed by atoms with van der Waals surface area (Å²) in [6, 6.07) is 0. The largest absolute Gasteiger partial charge is 0.376 e. The van der Waals surface area contributed by atoms with Gasteiger partial charge in [-0.2, -0.15) is 5.10 Å². The molecule has 0 bridgehead atoms. The SMILES string of the molecule is Cc1[nH]nc(CCC(=O)N2CCC(CCC(=O)NCC3CCCO3)CC2)c1C. The Morgan fingerprint density at radius 1 is 1.21 bits per heavy atom. The van der Waals surface area contributed by atoms with E-state index in [4.69, 9.17) is 4.74 Å². The minimum atomic E-state index is 0.124. The number of aryl methyl sites for hydroxylation is 2. The molecule has 1 atom stereocenters. The van der Waals surface area contributed by atoms with Crippen LogP contribution in [-0.2, 0) is 20.7 Å². The molecule has 7 nitrogen and oxygen atoms in total. The van der Waals surface area contributed by atoms with Crippen molar-refractivity contribution in [2.45, 2.75) is 71.3 Å². The zero-order valence-electron chi connectivity index (χ0n) is 17.3. The highest BCUT2D eigenvalue weighted by Crippen LogP contribution is 2.23. The Balaban J connectivity index is 1.29. The van der Waals surface area contributed by atoms with E-state index in [1.54, 1.807) is 0 Å². The summed E-state index contributed by atoms with van der Waals surface area (Å²) in [5.41, 5.74) is 3.22. The van der Waals surface area contributed by atoms with E-state index < -0.39 is 0 Å². The second-order valence-electron chi connectivity index (χ2n) is 8.22. The van der Waals surface area contributed by atoms with Gasteiger partial charge >= 0.3 is 0 Å². The number of H-pyrrole nitrogens is 1. The number of nitrogens with one attached hydrogen (secondary N) is 2. The maximum Gasteiger partial charge on any atom is 0.222 e. The van der Waals surface area contributed by atoms with Crippen LogP contribution in [0.4, 0.5) is 0 Å². The van der Waals surface area contributed by atoms with Gasteiger partial charge in [0.05, 0.1) is 11.8 Å². The summed E-state index contributed by atoms with van der Waals surface area (Å²) in [6.45, 7) is 7.11. The van der Waals surface area contributed by atoms with Crippen LogP contribution in [0.15, 0.2) is 0 Å². The van der Waals surface area contributed by atoms with Crippen molar-refractivity contribution in [2.24, 2.45) is 5.92 Å². The maximum absolute atomic E-state index is 12.5. The second-order valence-corrected chi connectivity index (χ2v) is 8.22. The summed E-state index contributed by atoms with van der Waals surface area (Å²) >= 11 is 0. The summed E-state index contributed by atoms with van der Waals surface area (Å²) in [5.74, 6) is 0.875. The number of amides is 2. The molecule has 3 rings (SSSR count). The molecule has 156 valence electrons. The number of hydrogen-bond donors (Lipinski definition) is 2. The zero-order chi connectivity index (χ0) is 19.9. The Kier molecular flexibility index (Phi) is 7.48. The van der Waals surface area contributed by atoms with Crippen LogP contribution in [0, 0.1) is 19.8 Å². The number of carbonyl (C=O) groups is 2. The average Bonchev–Trinajstić information content (AvgIpc) is 3.34. The molecule has 3 heterocycles. The van der Waals surface area contributed by atoms with E-state index in [0.717, 1.165) is 68.8 Å². The van der Waals surface area contributed by atoms with E-state index in [2.05, 4.69) is 15.5 Å². The molecule has 0 radical (unpaired) electrons. The van der Waals surface area contributed by atoms with E-state index in [-0.39, 0.29) is 17.9 Å². The lowest BCUT2D eigenvalue weighted by atomic mass is 9.92. The van der Waals surface area contributed by atoms with Gasteiger partial charge in [0.25, 0.3) is 0 Å². The fourth-order valence-corrected chi connectivity index (χ4v) is 4.09. The molecule has 28 heavy (non-hydrogen) atoms. The quantitative estimate of drug-likeness (QED) is 0.713. The summed E-state index contributed by atoms with van der Waals surface area (Å²) in [7, 11) is 0. The van der Waals surface area contributed by atoms with E-state index >= 15 is 0 Å². The molecule has 2 amide bonds. The third-order valence-electron chi connectivity index (χ3n) is 6.23. The fourth-order valence-electron chi connectivity index (χ4n) is 4.09. The lowest BCUT2D eigenvalue weighted by Crippen LogP contribution is -2.39. The van der Waals surface area contributed by atoms with Crippen LogP contribution in [0.5, 0.6) is 0 Å². The van der Waals surface area contributed by atoms with Crippen LogP contribution in [-0.4, -0.2) is 59.3 Å². The fraction of sp³-hybridized carbons (Fsp3) is 0.762. The number of carbonyl (C=O) groups excluding carboxylic acids is 2. The maximum atomic E-state index is 12.5. The molecule has 2 N–H and O–H groups in total. The number of nitrogens with zero attached hydrogens (tertiary/aromatic N) is 2. The van der Waals surface area contributed by atoms with Gasteiger partial charge in [-0.25, -0.2) is 0 Å². The van der Waals surface area contributed by atoms with Gasteiger partial charge in [-0.3, -0.25) is 14.7 Å². The first-order chi connectivity index (χ1) is 13.5. The van der Waals surface area contributed by atoms with Crippen LogP contribution < -0.4 is 5.32 Å². The molecule has 2 saturated heterocycles. The predicted octanol–water partition coefficient (Wildman–Crippen LogP) is 2.27. The minimum Gasteiger partial charge on any atom is -0.376 e. The van der Waals surface area contributed by atoms with Crippen molar-refractivity contribution in [1.29, 1.82) is 0 Å². The Morgan fingerprint density at radius 3 is 2.64 bits per heavy atom. The van der Waals surface area contributed by atoms with Gasteiger partial charge < -0.3 is 15.0 Å². The van der Waals surface area contributed by atoms with Crippen LogP contribution in [0.25, 0.3) is 0 Å². The van der Waals surface area contributed by atoms with Crippen molar-refractivity contribution in [3.05, 3.63) is 17.0 Å². The smallest absolute Gasteiger partial charge is 0.222 e. The molecule has 1 unspecified atom stereocenters. The van der Waals surface area contributed by atoms with Gasteiger partial charge in [0.2, 0.25) is 11.8 Å². The first-order valence-corrected chi connectivity index (χ1v) is 10.7. The standard InChI is InChI=1S/C21H34N4O3/c1-15-16(2)23-24-19(15)6-8-21(27)25-11-9-17(10-12-25)5-7-20(26)22-14-18-4-3-13-28-18/h17-18H,3-14H2,1-2H3,(H,22,26)(H,23,24). The van der Waals surface area contributed by atoms with E-state index in [1.165, 1.54) is 0 Å². The molecule has 2 aliphatic heterocycles. The molecule has 7 heteroatoms. The van der Waals surface area contributed by atoms with Gasteiger partial charge in [0, 0.05) is 51.2 Å². The zero-order valence-corrected chi connectivity index (χ0v) is 17.3. The molecule has 1 aromatic heterocycles. The molecule has 0 saturated carbocycles. The van der Waals surface area contributed by atoms with Gasteiger partial charge in [0.1, 0.15) is 0 Å². The Bertz CT molecular complexity index is 659. The number of aromatic amines is 1. The first kappa shape index (κ1) is 20.8. The summed E-state index contributed by atoms with van der Waals surface area (Å²) in [6.07, 6.45) is 7.02. The van der Waals surface area contributed by atoms with Crippen LogP contribution in [0.2, 0.25) is 0 Å². The third kappa shape index (κ3) is 5.80. The number of ether oxygens (including phenoxy) is 1. The number of aromatic nitrogens is 2. The summed E-state index contributed by atoms with van der Waals surface area (Å²) in [5, 5.41) is 10.3. The Hall–Kier alpha value is -1.89.